The van der Waals surface area contributed by atoms with Gasteiger partial charge in [0.15, 0.2) is 0 Å². The quantitative estimate of drug-likeness (QED) is 0.402. The van der Waals surface area contributed by atoms with Crippen molar-refractivity contribution in [3.8, 4) is 6.07 Å². The molecule has 0 amide bonds. The Balaban J connectivity index is 3.14. The molecule has 1 rings (SSSR count). The van der Waals surface area contributed by atoms with Crippen LogP contribution in [0.3, 0.4) is 0 Å². The lowest BCUT2D eigenvalue weighted by molar-refractivity contribution is 1.42. The van der Waals surface area contributed by atoms with Crippen LogP contribution in [0.4, 0.5) is 0 Å². The van der Waals surface area contributed by atoms with Crippen LogP contribution in [0, 0.1) is 16.7 Å². The SMILES string of the molecule is N#CC=Cc1ccccc1C(=N)N. The van der Waals surface area contributed by atoms with Crippen LogP contribution in [0.5, 0.6) is 0 Å². The maximum Gasteiger partial charge on any atom is 0.123 e. The summed E-state index contributed by atoms with van der Waals surface area (Å²) in [7, 11) is 0. The zero-order valence-corrected chi connectivity index (χ0v) is 6.99. The number of nitrogen functional groups attached to an aromatic ring is 1. The smallest absolute Gasteiger partial charge is 0.123 e. The molecule has 0 aromatic heterocycles. The molecule has 3 N–H and O–H groups in total. The summed E-state index contributed by atoms with van der Waals surface area (Å²) in [6.07, 6.45) is 3.00. The van der Waals surface area contributed by atoms with E-state index in [1.54, 1.807) is 18.2 Å². The first-order valence-electron chi connectivity index (χ1n) is 3.75. The number of hydrogen-bond acceptors (Lipinski definition) is 2. The summed E-state index contributed by atoms with van der Waals surface area (Å²) in [5, 5.41) is 15.6. The second kappa shape index (κ2) is 4.07. The van der Waals surface area contributed by atoms with E-state index in [0.717, 1.165) is 5.56 Å². The minimum Gasteiger partial charge on any atom is -0.384 e. The Kier molecular flexibility index (Phi) is 2.82. The summed E-state index contributed by atoms with van der Waals surface area (Å²) in [5.41, 5.74) is 6.79. The zero-order chi connectivity index (χ0) is 9.68. The lowest BCUT2D eigenvalue weighted by Gasteiger charge is -2.01. The highest BCUT2D eigenvalue weighted by Gasteiger charge is 1.99. The van der Waals surface area contributed by atoms with Crippen LogP contribution < -0.4 is 5.73 Å². The maximum absolute atomic E-state index is 8.34. The van der Waals surface area contributed by atoms with Crippen LogP contribution in [0.15, 0.2) is 30.3 Å². The van der Waals surface area contributed by atoms with E-state index in [2.05, 4.69) is 0 Å². The van der Waals surface area contributed by atoms with Crippen LogP contribution in [0.2, 0.25) is 0 Å². The van der Waals surface area contributed by atoms with E-state index in [9.17, 15) is 0 Å². The van der Waals surface area contributed by atoms with Crippen molar-refractivity contribution in [2.75, 3.05) is 0 Å². The van der Waals surface area contributed by atoms with Crippen molar-refractivity contribution in [1.29, 1.82) is 10.7 Å². The lowest BCUT2D eigenvalue weighted by Crippen LogP contribution is -2.12. The van der Waals surface area contributed by atoms with Gasteiger partial charge in [0.25, 0.3) is 0 Å². The number of nitrogens with one attached hydrogen (secondary N) is 1. The van der Waals surface area contributed by atoms with Crippen molar-refractivity contribution in [2.45, 2.75) is 0 Å². The van der Waals surface area contributed by atoms with Gasteiger partial charge in [-0.15, -0.1) is 0 Å². The first kappa shape index (κ1) is 9.01. The average molecular weight is 171 g/mol. The Morgan fingerprint density at radius 1 is 1.46 bits per heavy atom. The molecule has 3 heteroatoms. The molecule has 1 aromatic carbocycles. The summed E-state index contributed by atoms with van der Waals surface area (Å²) in [4.78, 5) is 0. The number of rotatable bonds is 2. The van der Waals surface area contributed by atoms with E-state index < -0.39 is 0 Å². The summed E-state index contributed by atoms with van der Waals surface area (Å²) in [5.74, 6) is 0.0122. The van der Waals surface area contributed by atoms with Gasteiger partial charge >= 0.3 is 0 Å². The third-order valence-corrected chi connectivity index (χ3v) is 1.59. The molecule has 0 aliphatic rings. The van der Waals surface area contributed by atoms with E-state index in [1.807, 2.05) is 18.2 Å². The number of hydrogen-bond donors (Lipinski definition) is 2. The molecule has 0 aliphatic heterocycles. The molecule has 0 radical (unpaired) electrons. The lowest BCUT2D eigenvalue weighted by atomic mass is 10.1. The molecule has 3 nitrogen and oxygen atoms in total. The van der Waals surface area contributed by atoms with E-state index in [4.69, 9.17) is 16.4 Å². The van der Waals surface area contributed by atoms with E-state index in [1.165, 1.54) is 6.08 Å². The number of allylic oxidation sites excluding steroid dienone is 1. The highest BCUT2D eigenvalue weighted by atomic mass is 14.7. The molecule has 1 aromatic rings. The van der Waals surface area contributed by atoms with Gasteiger partial charge in [-0.3, -0.25) is 5.41 Å². The highest BCUT2D eigenvalue weighted by molar-refractivity contribution is 5.98. The van der Waals surface area contributed by atoms with E-state index >= 15 is 0 Å². The van der Waals surface area contributed by atoms with Gasteiger partial charge in [-0.05, 0) is 11.6 Å². The highest BCUT2D eigenvalue weighted by Crippen LogP contribution is 2.09. The minimum absolute atomic E-state index is 0.0122. The van der Waals surface area contributed by atoms with Gasteiger partial charge in [0.1, 0.15) is 5.84 Å². The number of nitriles is 1. The average Bonchev–Trinajstić information content (AvgIpc) is 2.15. The van der Waals surface area contributed by atoms with Gasteiger partial charge < -0.3 is 5.73 Å². The van der Waals surface area contributed by atoms with Gasteiger partial charge in [0, 0.05) is 11.6 Å². The number of amidine groups is 1. The second-order valence-electron chi connectivity index (χ2n) is 2.46. The van der Waals surface area contributed by atoms with Gasteiger partial charge in [0.05, 0.1) is 6.07 Å². The maximum atomic E-state index is 8.34. The van der Waals surface area contributed by atoms with Crippen molar-refractivity contribution in [2.24, 2.45) is 5.73 Å². The molecule has 0 aliphatic carbocycles. The van der Waals surface area contributed by atoms with Crippen molar-refractivity contribution in [1.82, 2.24) is 0 Å². The first-order chi connectivity index (χ1) is 6.25. The molecular formula is C10H9N3. The number of nitrogens with zero attached hydrogens (tertiary/aromatic N) is 1. The molecule has 0 unspecified atom stereocenters. The summed E-state index contributed by atoms with van der Waals surface area (Å²) >= 11 is 0. The molecule has 0 spiro atoms. The van der Waals surface area contributed by atoms with Crippen molar-refractivity contribution < 1.29 is 0 Å². The molecule has 0 saturated carbocycles. The van der Waals surface area contributed by atoms with Crippen LogP contribution >= 0.6 is 0 Å². The largest absolute Gasteiger partial charge is 0.384 e. The van der Waals surface area contributed by atoms with Gasteiger partial charge in [0.2, 0.25) is 0 Å². The predicted octanol–water partition coefficient (Wildman–Crippen LogP) is 1.51. The monoisotopic (exact) mass is 171 g/mol. The molecule has 0 bridgehead atoms. The van der Waals surface area contributed by atoms with Crippen LogP contribution in [-0.4, -0.2) is 5.84 Å². The van der Waals surface area contributed by atoms with Gasteiger partial charge in [-0.25, -0.2) is 0 Å². The van der Waals surface area contributed by atoms with Crippen LogP contribution in [0.1, 0.15) is 11.1 Å². The Morgan fingerprint density at radius 2 is 2.15 bits per heavy atom. The molecular weight excluding hydrogens is 162 g/mol. The predicted molar refractivity (Wildman–Crippen MR) is 52.1 cm³/mol. The first-order valence-corrected chi connectivity index (χ1v) is 3.75. The number of benzene rings is 1. The standard InChI is InChI=1S/C10H9N3/c11-7-3-5-8-4-1-2-6-9(8)10(12)13/h1-6H,(H3,12,13). The fourth-order valence-electron chi connectivity index (χ4n) is 1.01. The Morgan fingerprint density at radius 3 is 2.77 bits per heavy atom. The summed E-state index contributed by atoms with van der Waals surface area (Å²) in [6, 6.07) is 9.09. The normalized spacial score (nSPS) is 9.77. The third-order valence-electron chi connectivity index (χ3n) is 1.59. The molecule has 0 atom stereocenters. The van der Waals surface area contributed by atoms with Crippen molar-refractivity contribution >= 4 is 11.9 Å². The third kappa shape index (κ3) is 2.17. The molecule has 13 heavy (non-hydrogen) atoms. The van der Waals surface area contributed by atoms with Gasteiger partial charge in [-0.1, -0.05) is 24.3 Å². The molecule has 0 heterocycles. The van der Waals surface area contributed by atoms with Crippen molar-refractivity contribution in [3.63, 3.8) is 0 Å². The van der Waals surface area contributed by atoms with Crippen LogP contribution in [-0.2, 0) is 0 Å². The van der Waals surface area contributed by atoms with E-state index in [0.29, 0.717) is 5.56 Å². The molecule has 64 valence electrons. The minimum atomic E-state index is 0.0122. The summed E-state index contributed by atoms with van der Waals surface area (Å²) < 4.78 is 0. The zero-order valence-electron chi connectivity index (χ0n) is 6.99. The Hall–Kier alpha value is -2.08. The summed E-state index contributed by atoms with van der Waals surface area (Å²) in [6.45, 7) is 0. The Bertz CT molecular complexity index is 385. The van der Waals surface area contributed by atoms with Crippen LogP contribution in [0.25, 0.3) is 6.08 Å². The number of nitrogens with two attached hydrogens (primary N) is 1. The molecule has 0 saturated heterocycles. The van der Waals surface area contributed by atoms with Gasteiger partial charge in [-0.2, -0.15) is 5.26 Å². The second-order valence-corrected chi connectivity index (χ2v) is 2.46. The Labute approximate surface area is 76.6 Å². The molecule has 0 fully saturated rings. The fraction of sp³-hybridized carbons (Fsp3) is 0. The van der Waals surface area contributed by atoms with Crippen molar-refractivity contribution in [3.05, 3.63) is 41.5 Å². The van der Waals surface area contributed by atoms with E-state index in [-0.39, 0.29) is 5.84 Å². The fourth-order valence-corrected chi connectivity index (χ4v) is 1.01. The topological polar surface area (TPSA) is 73.7 Å².